The number of nitrogens with zero attached hydrogens (tertiary/aromatic N) is 1. The first-order valence-corrected chi connectivity index (χ1v) is 7.42. The number of hydrogen-bond acceptors (Lipinski definition) is 3. The topological polar surface area (TPSA) is 46.6 Å². The Morgan fingerprint density at radius 3 is 2.38 bits per heavy atom. The molecule has 1 aliphatic rings. The lowest BCUT2D eigenvalue weighted by Gasteiger charge is -2.14. The molecule has 2 aromatic rings. The van der Waals surface area contributed by atoms with Crippen molar-refractivity contribution < 1.29 is 14.3 Å². The van der Waals surface area contributed by atoms with Gasteiger partial charge < -0.3 is 4.74 Å². The first-order chi connectivity index (χ1) is 11.6. The van der Waals surface area contributed by atoms with Gasteiger partial charge in [0.2, 0.25) is 0 Å². The summed E-state index contributed by atoms with van der Waals surface area (Å²) in [7, 11) is 1.56. The van der Waals surface area contributed by atoms with Crippen LogP contribution in [-0.4, -0.2) is 18.9 Å². The fraction of sp³-hybridized carbons (Fsp3) is 0.100. The van der Waals surface area contributed by atoms with Crippen molar-refractivity contribution in [1.29, 1.82) is 0 Å². The highest BCUT2D eigenvalue weighted by molar-refractivity contribution is 6.32. The Hall–Kier alpha value is -3.32. The van der Waals surface area contributed by atoms with Gasteiger partial charge in [-0.3, -0.25) is 9.59 Å². The van der Waals surface area contributed by atoms with E-state index >= 15 is 0 Å². The van der Waals surface area contributed by atoms with Crippen LogP contribution in [0.15, 0.2) is 60.2 Å². The molecule has 0 radical (unpaired) electrons. The first kappa shape index (κ1) is 15.6. The molecule has 24 heavy (non-hydrogen) atoms. The summed E-state index contributed by atoms with van der Waals surface area (Å²) in [5, 5.41) is 0. The van der Waals surface area contributed by atoms with Crippen LogP contribution in [0.25, 0.3) is 0 Å². The van der Waals surface area contributed by atoms with Gasteiger partial charge in [-0.15, -0.1) is 0 Å². The molecule has 0 saturated carbocycles. The molecule has 0 aliphatic carbocycles. The highest BCUT2D eigenvalue weighted by Crippen LogP contribution is 2.23. The van der Waals surface area contributed by atoms with Gasteiger partial charge in [0, 0.05) is 6.08 Å². The van der Waals surface area contributed by atoms with Crippen molar-refractivity contribution in [2.24, 2.45) is 0 Å². The van der Waals surface area contributed by atoms with E-state index in [1.54, 1.807) is 31.4 Å². The number of hydrogen-bond donors (Lipinski definition) is 0. The predicted molar refractivity (Wildman–Crippen MR) is 91.6 cm³/mol. The first-order valence-electron chi connectivity index (χ1n) is 7.42. The maximum atomic E-state index is 12.5. The number of amides is 2. The third kappa shape index (κ3) is 2.92. The molecular formula is C20H15NO3. The monoisotopic (exact) mass is 317 g/mol. The van der Waals surface area contributed by atoms with Crippen LogP contribution in [-0.2, 0) is 9.59 Å². The molecule has 0 fully saturated rings. The molecular weight excluding hydrogens is 302 g/mol. The highest BCUT2D eigenvalue weighted by atomic mass is 16.5. The zero-order valence-corrected chi connectivity index (χ0v) is 13.4. The average molecular weight is 317 g/mol. The summed E-state index contributed by atoms with van der Waals surface area (Å²) in [5.74, 6) is 5.51. The van der Waals surface area contributed by atoms with Crippen LogP contribution in [0, 0.1) is 18.8 Å². The van der Waals surface area contributed by atoms with E-state index in [-0.39, 0.29) is 11.5 Å². The molecule has 0 bridgehead atoms. The smallest absolute Gasteiger partial charge is 0.274 e. The minimum atomic E-state index is -0.411. The van der Waals surface area contributed by atoms with Crippen LogP contribution in [0.2, 0.25) is 0 Å². The van der Waals surface area contributed by atoms with E-state index in [0.717, 1.165) is 10.5 Å². The van der Waals surface area contributed by atoms with E-state index in [2.05, 4.69) is 11.8 Å². The fourth-order valence-electron chi connectivity index (χ4n) is 2.38. The van der Waals surface area contributed by atoms with E-state index in [4.69, 9.17) is 4.74 Å². The fourth-order valence-corrected chi connectivity index (χ4v) is 2.38. The molecule has 0 atom stereocenters. The second-order valence-corrected chi connectivity index (χ2v) is 5.32. The minimum absolute atomic E-state index is 0.173. The number of benzene rings is 2. The molecule has 0 aromatic heterocycles. The van der Waals surface area contributed by atoms with Gasteiger partial charge in [-0.1, -0.05) is 41.7 Å². The Morgan fingerprint density at radius 2 is 1.67 bits per heavy atom. The number of anilines is 1. The molecule has 3 rings (SSSR count). The molecule has 2 aromatic carbocycles. The molecule has 1 heterocycles. The Kier molecular flexibility index (Phi) is 4.17. The Balaban J connectivity index is 1.88. The number of para-hydroxylation sites is 1. The van der Waals surface area contributed by atoms with Crippen molar-refractivity contribution in [2.45, 2.75) is 6.92 Å². The molecule has 0 N–H and O–H groups in total. The summed E-state index contributed by atoms with van der Waals surface area (Å²) in [6, 6.07) is 14.5. The van der Waals surface area contributed by atoms with Crippen molar-refractivity contribution in [1.82, 2.24) is 0 Å². The van der Waals surface area contributed by atoms with Crippen LogP contribution in [0.3, 0.4) is 0 Å². The summed E-state index contributed by atoms with van der Waals surface area (Å²) >= 11 is 0. The minimum Gasteiger partial charge on any atom is -0.495 e. The van der Waals surface area contributed by atoms with E-state index in [1.807, 2.05) is 31.2 Å². The zero-order valence-electron chi connectivity index (χ0n) is 13.4. The van der Waals surface area contributed by atoms with Crippen LogP contribution < -0.4 is 9.64 Å². The van der Waals surface area contributed by atoms with Gasteiger partial charge in [0.25, 0.3) is 11.8 Å². The third-order valence-corrected chi connectivity index (χ3v) is 3.65. The normalized spacial score (nSPS) is 13.4. The van der Waals surface area contributed by atoms with E-state index in [1.165, 1.54) is 6.08 Å². The van der Waals surface area contributed by atoms with Crippen LogP contribution in [0.5, 0.6) is 5.75 Å². The summed E-state index contributed by atoms with van der Waals surface area (Å²) in [6.45, 7) is 1.94. The average Bonchev–Trinajstić information content (AvgIpc) is 2.88. The van der Waals surface area contributed by atoms with Gasteiger partial charge in [0.1, 0.15) is 5.75 Å². The van der Waals surface area contributed by atoms with Gasteiger partial charge >= 0.3 is 0 Å². The highest BCUT2D eigenvalue weighted by Gasteiger charge is 2.31. The number of carbonyl (C=O) groups is 2. The Labute approximate surface area is 140 Å². The lowest BCUT2D eigenvalue weighted by Crippen LogP contribution is -2.30. The number of methoxy groups -OCH3 is 1. The molecule has 4 heteroatoms. The van der Waals surface area contributed by atoms with Crippen molar-refractivity contribution >= 4 is 17.5 Å². The van der Waals surface area contributed by atoms with Crippen LogP contribution in [0.1, 0.15) is 11.1 Å². The molecule has 118 valence electrons. The van der Waals surface area contributed by atoms with Gasteiger partial charge in [0.05, 0.1) is 23.9 Å². The number of carbonyl (C=O) groups excluding carboxylic acids is 2. The lowest BCUT2D eigenvalue weighted by atomic mass is 10.2. The van der Waals surface area contributed by atoms with Gasteiger partial charge in [0.15, 0.2) is 0 Å². The van der Waals surface area contributed by atoms with E-state index in [0.29, 0.717) is 17.0 Å². The molecule has 2 amide bonds. The largest absolute Gasteiger partial charge is 0.495 e. The maximum absolute atomic E-state index is 12.5. The molecule has 0 saturated heterocycles. The van der Waals surface area contributed by atoms with E-state index in [9.17, 15) is 9.59 Å². The molecule has 1 aliphatic heterocycles. The Bertz CT molecular complexity index is 898. The molecule has 0 unspecified atom stereocenters. The SMILES string of the molecule is COc1ccccc1C#CC1=CC(=O)N(c2ccc(C)cc2)C1=O. The van der Waals surface area contributed by atoms with E-state index < -0.39 is 5.91 Å². The predicted octanol–water partition coefficient (Wildman–Crippen LogP) is 2.85. The third-order valence-electron chi connectivity index (χ3n) is 3.65. The number of aryl methyl sites for hydroxylation is 1. The summed E-state index contributed by atoms with van der Waals surface area (Å²) in [6.07, 6.45) is 1.27. The number of ether oxygens (including phenoxy) is 1. The van der Waals surface area contributed by atoms with Crippen molar-refractivity contribution in [3.63, 3.8) is 0 Å². The zero-order chi connectivity index (χ0) is 17.1. The van der Waals surface area contributed by atoms with Crippen molar-refractivity contribution in [3.05, 3.63) is 71.3 Å². The summed E-state index contributed by atoms with van der Waals surface area (Å²) in [4.78, 5) is 25.8. The van der Waals surface area contributed by atoms with Crippen LogP contribution >= 0.6 is 0 Å². The van der Waals surface area contributed by atoms with Gasteiger partial charge in [-0.2, -0.15) is 0 Å². The quantitative estimate of drug-likeness (QED) is 0.632. The van der Waals surface area contributed by atoms with Crippen molar-refractivity contribution in [3.8, 4) is 17.6 Å². The summed E-state index contributed by atoms with van der Waals surface area (Å²) in [5.41, 5.74) is 2.43. The Morgan fingerprint density at radius 1 is 0.958 bits per heavy atom. The lowest BCUT2D eigenvalue weighted by molar-refractivity contribution is -0.120. The molecule has 4 nitrogen and oxygen atoms in total. The maximum Gasteiger partial charge on any atom is 0.274 e. The van der Waals surface area contributed by atoms with Crippen LogP contribution in [0.4, 0.5) is 5.69 Å². The summed E-state index contributed by atoms with van der Waals surface area (Å²) < 4.78 is 5.23. The van der Waals surface area contributed by atoms with Gasteiger partial charge in [-0.05, 0) is 31.2 Å². The molecule has 0 spiro atoms. The van der Waals surface area contributed by atoms with Gasteiger partial charge in [-0.25, -0.2) is 4.90 Å². The second-order valence-electron chi connectivity index (χ2n) is 5.32. The second kappa shape index (κ2) is 6.43. The van der Waals surface area contributed by atoms with Crippen molar-refractivity contribution in [2.75, 3.05) is 12.0 Å². The standard InChI is InChI=1S/C20H15NO3/c1-14-7-11-17(12-8-14)21-19(22)13-16(20(21)23)10-9-15-5-3-4-6-18(15)24-2/h3-8,11-13H,1-2H3. The number of rotatable bonds is 2. The number of imide groups is 1.